The van der Waals surface area contributed by atoms with E-state index < -0.39 is 5.97 Å². The second kappa shape index (κ2) is 2.94. The van der Waals surface area contributed by atoms with Crippen LogP contribution in [0.1, 0.15) is 21.7 Å². The van der Waals surface area contributed by atoms with Gasteiger partial charge in [-0.3, -0.25) is 5.10 Å². The highest BCUT2D eigenvalue weighted by atomic mass is 16.4. The van der Waals surface area contributed by atoms with Gasteiger partial charge in [-0.15, -0.1) is 0 Å². The van der Waals surface area contributed by atoms with E-state index in [1.807, 2.05) is 0 Å². The maximum absolute atomic E-state index is 11.0. The third kappa shape index (κ3) is 1.22. The van der Waals surface area contributed by atoms with Crippen LogP contribution >= 0.6 is 0 Å². The first-order chi connectivity index (χ1) is 7.02. The first-order valence-electron chi connectivity index (χ1n) is 4.36. The maximum Gasteiger partial charge on any atom is 0.339 e. The number of aromatic nitrogens is 3. The summed E-state index contributed by atoms with van der Waals surface area (Å²) >= 11 is 0. The molecule has 0 amide bonds. The number of nitrogens with one attached hydrogen (secondary N) is 1. The van der Waals surface area contributed by atoms with Gasteiger partial charge in [0.1, 0.15) is 5.56 Å². The molecule has 0 atom stereocenters. The first-order valence-corrected chi connectivity index (χ1v) is 4.36. The van der Waals surface area contributed by atoms with Crippen LogP contribution in [0.15, 0.2) is 0 Å². The van der Waals surface area contributed by atoms with Gasteiger partial charge in [-0.1, -0.05) is 0 Å². The normalized spacial score (nSPS) is 10.8. The molecule has 0 radical (unpaired) electrons. The van der Waals surface area contributed by atoms with Crippen molar-refractivity contribution in [2.75, 3.05) is 5.73 Å². The third-order valence-corrected chi connectivity index (χ3v) is 2.32. The molecule has 6 nitrogen and oxygen atoms in total. The van der Waals surface area contributed by atoms with E-state index in [1.54, 1.807) is 13.8 Å². The number of carboxylic acid groups (broad SMARTS) is 1. The number of hydrogen-bond acceptors (Lipinski definition) is 4. The van der Waals surface area contributed by atoms with Crippen LogP contribution in [-0.4, -0.2) is 26.3 Å². The molecule has 0 bridgehead atoms. The summed E-state index contributed by atoms with van der Waals surface area (Å²) in [7, 11) is 0. The number of nitrogens with two attached hydrogens (primary N) is 1. The number of fused-ring (bicyclic) bond motifs is 1. The Bertz CT molecular complexity index is 559. The molecule has 15 heavy (non-hydrogen) atoms. The number of nitrogens with zero attached hydrogens (tertiary/aromatic N) is 2. The molecule has 2 rings (SSSR count). The maximum atomic E-state index is 11.0. The fourth-order valence-electron chi connectivity index (χ4n) is 1.62. The Kier molecular flexibility index (Phi) is 1.85. The van der Waals surface area contributed by atoms with Crippen LogP contribution in [0.3, 0.4) is 0 Å². The van der Waals surface area contributed by atoms with Crippen molar-refractivity contribution in [2.45, 2.75) is 13.8 Å². The van der Waals surface area contributed by atoms with Crippen LogP contribution < -0.4 is 5.73 Å². The van der Waals surface area contributed by atoms with Crippen molar-refractivity contribution in [1.82, 2.24) is 15.2 Å². The van der Waals surface area contributed by atoms with Gasteiger partial charge in [0.05, 0.1) is 16.8 Å². The molecule has 0 saturated carbocycles. The molecular formula is C9H10N4O2. The summed E-state index contributed by atoms with van der Waals surface area (Å²) in [5, 5.41) is 16.2. The molecule has 0 fully saturated rings. The number of anilines is 1. The van der Waals surface area contributed by atoms with Gasteiger partial charge in [0.15, 0.2) is 5.65 Å². The monoisotopic (exact) mass is 206 g/mol. The standard InChI is InChI=1S/C9H10N4O2/c1-3-6(9(14)15)7(10)5-4(2)12-13-8(5)11-3/h1-2H3,(H,14,15)(H3,10,11,12,13). The summed E-state index contributed by atoms with van der Waals surface area (Å²) in [5.74, 6) is -1.07. The Balaban J connectivity index is 2.93. The minimum absolute atomic E-state index is 0.0481. The SMILES string of the molecule is Cc1nc2n[nH]c(C)c2c(N)c1C(=O)O. The summed E-state index contributed by atoms with van der Waals surface area (Å²) in [6, 6.07) is 0. The fourth-order valence-corrected chi connectivity index (χ4v) is 1.62. The summed E-state index contributed by atoms with van der Waals surface area (Å²) < 4.78 is 0. The van der Waals surface area contributed by atoms with Gasteiger partial charge in [-0.25, -0.2) is 9.78 Å². The molecule has 2 aromatic rings. The number of rotatable bonds is 1. The molecule has 0 spiro atoms. The zero-order valence-corrected chi connectivity index (χ0v) is 8.33. The predicted octanol–water partition coefficient (Wildman–Crippen LogP) is 0.855. The number of pyridine rings is 1. The summed E-state index contributed by atoms with van der Waals surface area (Å²) in [4.78, 5) is 15.0. The van der Waals surface area contributed by atoms with Crippen molar-refractivity contribution in [1.29, 1.82) is 0 Å². The number of H-pyrrole nitrogens is 1. The van der Waals surface area contributed by atoms with Crippen LogP contribution in [0.2, 0.25) is 0 Å². The molecule has 6 heteroatoms. The second-order valence-corrected chi connectivity index (χ2v) is 3.34. The number of carboxylic acids is 1. The molecular weight excluding hydrogens is 196 g/mol. The van der Waals surface area contributed by atoms with E-state index in [0.29, 0.717) is 16.7 Å². The Morgan fingerprint density at radius 3 is 2.73 bits per heavy atom. The van der Waals surface area contributed by atoms with Gasteiger partial charge in [-0.05, 0) is 13.8 Å². The van der Waals surface area contributed by atoms with E-state index in [4.69, 9.17) is 10.8 Å². The lowest BCUT2D eigenvalue weighted by atomic mass is 10.1. The Hall–Kier alpha value is -2.11. The number of aromatic carboxylic acids is 1. The largest absolute Gasteiger partial charge is 0.478 e. The van der Waals surface area contributed by atoms with E-state index in [9.17, 15) is 4.79 Å². The van der Waals surface area contributed by atoms with Crippen LogP contribution in [0.25, 0.3) is 11.0 Å². The number of aryl methyl sites for hydroxylation is 2. The van der Waals surface area contributed by atoms with Crippen LogP contribution in [0, 0.1) is 13.8 Å². The lowest BCUT2D eigenvalue weighted by Gasteiger charge is -2.05. The molecule has 0 unspecified atom stereocenters. The molecule has 0 aliphatic rings. The highest BCUT2D eigenvalue weighted by Crippen LogP contribution is 2.26. The molecule has 0 saturated heterocycles. The summed E-state index contributed by atoms with van der Waals surface area (Å²) in [6.07, 6.45) is 0. The summed E-state index contributed by atoms with van der Waals surface area (Å²) in [6.45, 7) is 3.37. The minimum Gasteiger partial charge on any atom is -0.478 e. The molecule has 2 aromatic heterocycles. The predicted molar refractivity (Wildman–Crippen MR) is 54.7 cm³/mol. The van der Waals surface area contributed by atoms with Gasteiger partial charge in [0.2, 0.25) is 0 Å². The zero-order chi connectivity index (χ0) is 11.2. The van der Waals surface area contributed by atoms with Gasteiger partial charge in [0.25, 0.3) is 0 Å². The Morgan fingerprint density at radius 2 is 2.13 bits per heavy atom. The quantitative estimate of drug-likeness (QED) is 0.641. The van der Waals surface area contributed by atoms with Crippen molar-refractivity contribution < 1.29 is 9.90 Å². The lowest BCUT2D eigenvalue weighted by molar-refractivity contribution is 0.0697. The number of carbonyl (C=O) groups is 1. The topological polar surface area (TPSA) is 105 Å². The van der Waals surface area contributed by atoms with Gasteiger partial charge in [0, 0.05) is 5.69 Å². The van der Waals surface area contributed by atoms with Crippen molar-refractivity contribution >= 4 is 22.7 Å². The van der Waals surface area contributed by atoms with Crippen molar-refractivity contribution in [3.05, 3.63) is 17.0 Å². The Morgan fingerprint density at radius 1 is 1.47 bits per heavy atom. The average molecular weight is 206 g/mol. The summed E-state index contributed by atoms with van der Waals surface area (Å²) in [5.41, 5.74) is 7.60. The van der Waals surface area contributed by atoms with Crippen molar-refractivity contribution in [2.24, 2.45) is 0 Å². The van der Waals surface area contributed by atoms with Crippen molar-refractivity contribution in [3.8, 4) is 0 Å². The van der Waals surface area contributed by atoms with E-state index in [2.05, 4.69) is 15.2 Å². The van der Waals surface area contributed by atoms with Gasteiger partial charge < -0.3 is 10.8 Å². The molecule has 78 valence electrons. The van der Waals surface area contributed by atoms with E-state index in [0.717, 1.165) is 5.69 Å². The van der Waals surface area contributed by atoms with Crippen LogP contribution in [0.4, 0.5) is 5.69 Å². The molecule has 4 N–H and O–H groups in total. The smallest absolute Gasteiger partial charge is 0.339 e. The number of aromatic amines is 1. The molecule has 0 aromatic carbocycles. The van der Waals surface area contributed by atoms with Gasteiger partial charge in [-0.2, -0.15) is 5.10 Å². The third-order valence-electron chi connectivity index (χ3n) is 2.32. The highest BCUT2D eigenvalue weighted by Gasteiger charge is 2.18. The second-order valence-electron chi connectivity index (χ2n) is 3.34. The molecule has 0 aliphatic heterocycles. The van der Waals surface area contributed by atoms with E-state index in [1.165, 1.54) is 0 Å². The fraction of sp³-hybridized carbons (Fsp3) is 0.222. The first kappa shape index (κ1) is 9.45. The van der Waals surface area contributed by atoms with Crippen LogP contribution in [-0.2, 0) is 0 Å². The minimum atomic E-state index is -1.07. The molecule has 0 aliphatic carbocycles. The van der Waals surface area contributed by atoms with E-state index >= 15 is 0 Å². The van der Waals surface area contributed by atoms with E-state index in [-0.39, 0.29) is 11.3 Å². The molecule has 2 heterocycles. The Labute approximate surface area is 85.1 Å². The van der Waals surface area contributed by atoms with Crippen LogP contribution in [0.5, 0.6) is 0 Å². The zero-order valence-electron chi connectivity index (χ0n) is 8.33. The number of nitrogen functional groups attached to an aromatic ring is 1. The average Bonchev–Trinajstić information content (AvgIpc) is 2.46. The lowest BCUT2D eigenvalue weighted by Crippen LogP contribution is -2.07. The van der Waals surface area contributed by atoms with Crippen molar-refractivity contribution in [3.63, 3.8) is 0 Å². The van der Waals surface area contributed by atoms with Gasteiger partial charge >= 0.3 is 5.97 Å². The highest BCUT2D eigenvalue weighted by molar-refractivity contribution is 6.04. The number of hydrogen-bond donors (Lipinski definition) is 3.